The van der Waals surface area contributed by atoms with Gasteiger partial charge in [-0.25, -0.2) is 0 Å². The highest BCUT2D eigenvalue weighted by Crippen LogP contribution is 2.29. The van der Waals surface area contributed by atoms with Crippen LogP contribution in [-0.4, -0.2) is 5.97 Å². The summed E-state index contributed by atoms with van der Waals surface area (Å²) in [6.07, 6.45) is 4.67. The van der Waals surface area contributed by atoms with Crippen molar-refractivity contribution in [3.63, 3.8) is 0 Å². The van der Waals surface area contributed by atoms with E-state index in [0.717, 1.165) is 24.8 Å². The maximum atomic E-state index is 11.6. The fraction of sp³-hybridized carbons (Fsp3) is 0.308. The Morgan fingerprint density at radius 2 is 2.25 bits per heavy atom. The number of carbonyl (C=O) groups is 1. The van der Waals surface area contributed by atoms with E-state index in [1.165, 1.54) is 0 Å². The van der Waals surface area contributed by atoms with Crippen LogP contribution in [0.1, 0.15) is 24.8 Å². The number of esters is 1. The fourth-order valence-corrected chi connectivity index (χ4v) is 1.64. The highest BCUT2D eigenvalue weighted by atomic mass is 16.5. The van der Waals surface area contributed by atoms with E-state index < -0.39 is 0 Å². The average Bonchev–Trinajstić information content (AvgIpc) is 2.18. The number of hydrogen-bond donors (Lipinski definition) is 1. The molecule has 3 nitrogen and oxygen atoms in total. The molecule has 16 heavy (non-hydrogen) atoms. The molecule has 2 rings (SSSR count). The molecule has 1 aliphatic carbocycles. The van der Waals surface area contributed by atoms with Crippen molar-refractivity contribution in [2.75, 3.05) is 5.73 Å². The number of anilines is 1. The molecule has 1 saturated carbocycles. The lowest BCUT2D eigenvalue weighted by atomic mass is 9.86. The molecule has 0 unspecified atom stereocenters. The van der Waals surface area contributed by atoms with Crippen molar-refractivity contribution in [1.29, 1.82) is 0 Å². The fourth-order valence-electron chi connectivity index (χ4n) is 1.64. The molecule has 0 aromatic heterocycles. The molecule has 1 fully saturated rings. The summed E-state index contributed by atoms with van der Waals surface area (Å²) in [6.45, 7) is 3.65. The van der Waals surface area contributed by atoms with Gasteiger partial charge in [0, 0.05) is 11.3 Å². The van der Waals surface area contributed by atoms with Crippen LogP contribution >= 0.6 is 0 Å². The van der Waals surface area contributed by atoms with Gasteiger partial charge >= 0.3 is 5.97 Å². The van der Waals surface area contributed by atoms with Crippen molar-refractivity contribution in [3.8, 4) is 5.75 Å². The number of ether oxygens (including phenoxy) is 1. The van der Waals surface area contributed by atoms with Gasteiger partial charge in [-0.1, -0.05) is 19.1 Å². The zero-order valence-electron chi connectivity index (χ0n) is 9.11. The van der Waals surface area contributed by atoms with Crippen LogP contribution in [-0.2, 0) is 4.79 Å². The third-order valence-electron chi connectivity index (χ3n) is 2.94. The molecule has 0 spiro atoms. The van der Waals surface area contributed by atoms with Crippen molar-refractivity contribution in [2.24, 2.45) is 5.92 Å². The van der Waals surface area contributed by atoms with E-state index in [9.17, 15) is 4.79 Å². The van der Waals surface area contributed by atoms with Crippen molar-refractivity contribution < 1.29 is 9.53 Å². The van der Waals surface area contributed by atoms with Crippen molar-refractivity contribution >= 4 is 17.7 Å². The molecule has 1 aliphatic rings. The summed E-state index contributed by atoms with van der Waals surface area (Å²) in [5.74, 6) is 0.497. The lowest BCUT2D eigenvalue weighted by Crippen LogP contribution is -2.26. The molecule has 0 atom stereocenters. The van der Waals surface area contributed by atoms with Crippen molar-refractivity contribution in [2.45, 2.75) is 19.3 Å². The molecule has 3 heteroatoms. The topological polar surface area (TPSA) is 52.3 Å². The van der Waals surface area contributed by atoms with E-state index in [0.29, 0.717) is 11.4 Å². The van der Waals surface area contributed by atoms with Gasteiger partial charge < -0.3 is 10.5 Å². The van der Waals surface area contributed by atoms with Gasteiger partial charge in [0.1, 0.15) is 5.75 Å². The quantitative estimate of drug-likeness (QED) is 0.481. The second-order valence-electron chi connectivity index (χ2n) is 4.04. The second-order valence-corrected chi connectivity index (χ2v) is 4.04. The minimum atomic E-state index is -0.133. The number of rotatable bonds is 3. The van der Waals surface area contributed by atoms with Gasteiger partial charge in [-0.05, 0) is 31.0 Å². The third kappa shape index (κ3) is 2.08. The second kappa shape index (κ2) is 4.39. The van der Waals surface area contributed by atoms with Gasteiger partial charge in [0.15, 0.2) is 0 Å². The minimum absolute atomic E-state index is 0.0877. The monoisotopic (exact) mass is 217 g/mol. The lowest BCUT2D eigenvalue weighted by molar-refractivity contribution is -0.141. The Morgan fingerprint density at radius 1 is 1.50 bits per heavy atom. The first kappa shape index (κ1) is 10.7. The van der Waals surface area contributed by atoms with E-state index in [-0.39, 0.29) is 11.9 Å². The molecule has 2 N–H and O–H groups in total. The summed E-state index contributed by atoms with van der Waals surface area (Å²) < 4.78 is 5.27. The van der Waals surface area contributed by atoms with Crippen LogP contribution in [0.15, 0.2) is 24.8 Å². The zero-order chi connectivity index (χ0) is 11.5. The average molecular weight is 217 g/mol. The Kier molecular flexibility index (Phi) is 2.95. The summed E-state index contributed by atoms with van der Waals surface area (Å²) in [6, 6.07) is 5.16. The first-order valence-electron chi connectivity index (χ1n) is 5.44. The van der Waals surface area contributed by atoms with Crippen molar-refractivity contribution in [3.05, 3.63) is 30.3 Å². The van der Waals surface area contributed by atoms with Crippen LogP contribution < -0.4 is 10.5 Å². The molecule has 1 aromatic rings. The molecule has 1 aromatic carbocycles. The van der Waals surface area contributed by atoms with Gasteiger partial charge in [0.2, 0.25) is 0 Å². The highest BCUT2D eigenvalue weighted by molar-refractivity contribution is 5.76. The van der Waals surface area contributed by atoms with Crippen LogP contribution in [0.2, 0.25) is 0 Å². The predicted octanol–water partition coefficient (Wildman–Crippen LogP) is 2.62. The third-order valence-corrected chi connectivity index (χ3v) is 2.94. The van der Waals surface area contributed by atoms with Crippen molar-refractivity contribution in [1.82, 2.24) is 0 Å². The first-order chi connectivity index (χ1) is 7.70. The van der Waals surface area contributed by atoms with Gasteiger partial charge in [0.25, 0.3) is 0 Å². The van der Waals surface area contributed by atoms with E-state index in [2.05, 4.69) is 6.58 Å². The Hall–Kier alpha value is -1.77. The van der Waals surface area contributed by atoms with E-state index in [1.807, 2.05) is 0 Å². The number of nitrogens with two attached hydrogens (primary N) is 1. The molecule has 0 amide bonds. The number of hydrogen-bond acceptors (Lipinski definition) is 3. The van der Waals surface area contributed by atoms with Gasteiger partial charge in [-0.15, -0.1) is 0 Å². The highest BCUT2D eigenvalue weighted by Gasteiger charge is 2.27. The molecule has 84 valence electrons. The summed E-state index contributed by atoms with van der Waals surface area (Å²) in [4.78, 5) is 11.6. The first-order valence-corrected chi connectivity index (χ1v) is 5.44. The predicted molar refractivity (Wildman–Crippen MR) is 63.9 cm³/mol. The number of benzene rings is 1. The van der Waals surface area contributed by atoms with Gasteiger partial charge in [0.05, 0.1) is 5.92 Å². The smallest absolute Gasteiger partial charge is 0.314 e. The summed E-state index contributed by atoms with van der Waals surface area (Å²) >= 11 is 0. The van der Waals surface area contributed by atoms with Gasteiger partial charge in [-0.2, -0.15) is 0 Å². The van der Waals surface area contributed by atoms with Crippen LogP contribution in [0.25, 0.3) is 6.08 Å². The molecule has 0 bridgehead atoms. The van der Waals surface area contributed by atoms with E-state index >= 15 is 0 Å². The van der Waals surface area contributed by atoms with E-state index in [1.54, 1.807) is 24.3 Å². The normalized spacial score (nSPS) is 15.2. The maximum Gasteiger partial charge on any atom is 0.314 e. The van der Waals surface area contributed by atoms with Crippen LogP contribution in [0.3, 0.4) is 0 Å². The summed E-state index contributed by atoms with van der Waals surface area (Å²) in [7, 11) is 0. The SMILES string of the molecule is C=Cc1cc(OC(=O)C2CCC2)ccc1N. The standard InChI is InChI=1S/C13H15NO2/c1-2-9-8-11(6-7-12(9)14)16-13(15)10-4-3-5-10/h2,6-8,10H,1,3-5,14H2. The Morgan fingerprint density at radius 3 is 2.81 bits per heavy atom. The van der Waals surface area contributed by atoms with Gasteiger partial charge in [-0.3, -0.25) is 4.79 Å². The van der Waals surface area contributed by atoms with Crippen LogP contribution in [0.5, 0.6) is 5.75 Å². The number of nitrogen functional groups attached to an aromatic ring is 1. The summed E-state index contributed by atoms with van der Waals surface area (Å²) in [5, 5.41) is 0. The van der Waals surface area contributed by atoms with E-state index in [4.69, 9.17) is 10.5 Å². The molecule has 0 saturated heterocycles. The largest absolute Gasteiger partial charge is 0.426 e. The Balaban J connectivity index is 2.08. The maximum absolute atomic E-state index is 11.6. The molecule has 0 aliphatic heterocycles. The number of carbonyl (C=O) groups excluding carboxylic acids is 1. The molecule has 0 radical (unpaired) electrons. The summed E-state index contributed by atoms with van der Waals surface area (Å²) in [5.41, 5.74) is 7.14. The molecular weight excluding hydrogens is 202 g/mol. The Labute approximate surface area is 94.9 Å². The Bertz CT molecular complexity index is 422. The lowest BCUT2D eigenvalue weighted by Gasteiger charge is -2.23. The zero-order valence-corrected chi connectivity index (χ0v) is 9.11. The minimum Gasteiger partial charge on any atom is -0.426 e. The van der Waals surface area contributed by atoms with Crippen LogP contribution in [0.4, 0.5) is 5.69 Å². The molecular formula is C13H15NO2. The van der Waals surface area contributed by atoms with Crippen LogP contribution in [0, 0.1) is 5.92 Å². The molecule has 0 heterocycles.